The van der Waals surface area contributed by atoms with Gasteiger partial charge in [0.1, 0.15) is 11.5 Å². The van der Waals surface area contributed by atoms with Crippen molar-refractivity contribution >= 4 is 34.0 Å². The highest BCUT2D eigenvalue weighted by Gasteiger charge is 2.29. The summed E-state index contributed by atoms with van der Waals surface area (Å²) in [4.78, 5) is 19.4. The Morgan fingerprint density at radius 1 is 1.24 bits per heavy atom. The lowest BCUT2D eigenvalue weighted by Crippen LogP contribution is -2.22. The van der Waals surface area contributed by atoms with Crippen molar-refractivity contribution in [2.75, 3.05) is 5.32 Å². The Kier molecular flexibility index (Phi) is 5.87. The van der Waals surface area contributed by atoms with E-state index in [2.05, 4.69) is 20.6 Å². The molecule has 3 aromatic rings. The number of hydrogen-bond acceptors (Lipinski definition) is 5. The van der Waals surface area contributed by atoms with E-state index in [4.69, 9.17) is 10.2 Å². The Morgan fingerprint density at radius 2 is 1.97 bits per heavy atom. The molecular formula is C18H16F3N5O2S. The minimum atomic E-state index is -4.40. The largest absolute Gasteiger partial charge is 0.458 e. The van der Waals surface area contributed by atoms with E-state index in [9.17, 15) is 18.0 Å². The molecule has 0 aliphatic heterocycles. The van der Waals surface area contributed by atoms with Crippen molar-refractivity contribution in [3.63, 3.8) is 0 Å². The van der Waals surface area contributed by atoms with Crippen molar-refractivity contribution < 1.29 is 22.4 Å². The molecule has 0 atom stereocenters. The van der Waals surface area contributed by atoms with E-state index in [1.807, 2.05) is 0 Å². The summed E-state index contributed by atoms with van der Waals surface area (Å²) in [6.07, 6.45) is -4.40. The van der Waals surface area contributed by atoms with Crippen LogP contribution < -0.4 is 16.4 Å². The van der Waals surface area contributed by atoms with Gasteiger partial charge in [-0.25, -0.2) is 4.98 Å². The first-order valence-electron chi connectivity index (χ1n) is 8.28. The Labute approximate surface area is 167 Å². The summed E-state index contributed by atoms with van der Waals surface area (Å²) in [7, 11) is 0. The number of nitrogens with zero attached hydrogens (tertiary/aromatic N) is 2. The number of alkyl halides is 3. The number of nitrogens with two attached hydrogens (primary N) is 1. The fraction of sp³-hybridized carbons (Fsp3) is 0.167. The molecule has 0 saturated carbocycles. The Balaban J connectivity index is 1.65. The van der Waals surface area contributed by atoms with Gasteiger partial charge in [0.25, 0.3) is 0 Å². The average molecular weight is 423 g/mol. The molecule has 0 bridgehead atoms. The third-order valence-corrected chi connectivity index (χ3v) is 4.35. The van der Waals surface area contributed by atoms with Crippen LogP contribution in [0, 0.1) is 0 Å². The van der Waals surface area contributed by atoms with E-state index in [1.54, 1.807) is 17.5 Å². The Hall–Kier alpha value is -3.34. The van der Waals surface area contributed by atoms with Gasteiger partial charge in [-0.2, -0.15) is 18.2 Å². The summed E-state index contributed by atoms with van der Waals surface area (Å²) in [5, 5.41) is 7.42. The zero-order valence-corrected chi connectivity index (χ0v) is 15.9. The zero-order valence-electron chi connectivity index (χ0n) is 15.1. The van der Waals surface area contributed by atoms with Gasteiger partial charge in [-0.05, 0) is 36.4 Å². The van der Waals surface area contributed by atoms with Gasteiger partial charge in [0.05, 0.1) is 12.1 Å². The minimum Gasteiger partial charge on any atom is -0.458 e. The lowest BCUT2D eigenvalue weighted by Gasteiger charge is -2.08. The van der Waals surface area contributed by atoms with Crippen molar-refractivity contribution in [1.82, 2.24) is 10.3 Å². The number of halogens is 3. The maximum atomic E-state index is 12.6. The molecule has 11 heteroatoms. The number of aliphatic imine (C=N–C) groups is 1. The smallest absolute Gasteiger partial charge is 0.416 e. The van der Waals surface area contributed by atoms with Crippen molar-refractivity contribution in [2.24, 2.45) is 10.7 Å². The highest BCUT2D eigenvalue weighted by Crippen LogP contribution is 2.30. The first kappa shape index (κ1) is 20.4. The zero-order chi connectivity index (χ0) is 21.0. The average Bonchev–Trinajstić information content (AvgIpc) is 3.28. The lowest BCUT2D eigenvalue weighted by atomic mass is 10.2. The highest BCUT2D eigenvalue weighted by atomic mass is 32.1. The number of guanidine groups is 1. The third-order valence-electron chi connectivity index (χ3n) is 3.62. The number of thiazole rings is 1. The quantitative estimate of drug-likeness (QED) is 0.423. The fourth-order valence-corrected chi connectivity index (χ4v) is 2.96. The number of amides is 1. The monoisotopic (exact) mass is 423 g/mol. The fourth-order valence-electron chi connectivity index (χ4n) is 2.27. The topological polar surface area (TPSA) is 106 Å². The molecule has 0 radical (unpaired) electrons. The normalized spacial score (nSPS) is 12.1. The second-order valence-corrected chi connectivity index (χ2v) is 6.72. The summed E-state index contributed by atoms with van der Waals surface area (Å²) in [5.74, 6) is 0.912. The molecule has 0 aliphatic rings. The summed E-state index contributed by atoms with van der Waals surface area (Å²) in [5.41, 5.74) is 5.96. The van der Waals surface area contributed by atoms with Crippen molar-refractivity contribution in [2.45, 2.75) is 19.6 Å². The minimum absolute atomic E-state index is 0.0172. The van der Waals surface area contributed by atoms with Crippen LogP contribution in [-0.2, 0) is 17.5 Å². The molecule has 1 amide bonds. The van der Waals surface area contributed by atoms with Crippen LogP contribution in [0.2, 0.25) is 0 Å². The molecule has 3 rings (SSSR count). The first-order chi connectivity index (χ1) is 13.7. The van der Waals surface area contributed by atoms with Crippen LogP contribution in [-0.4, -0.2) is 16.9 Å². The number of furan rings is 1. The van der Waals surface area contributed by atoms with Crippen LogP contribution in [0.25, 0.3) is 11.5 Å². The molecular weight excluding hydrogens is 407 g/mol. The van der Waals surface area contributed by atoms with Crippen LogP contribution in [0.4, 0.5) is 24.0 Å². The number of benzene rings is 1. The molecule has 29 heavy (non-hydrogen) atoms. The van der Waals surface area contributed by atoms with Crippen LogP contribution in [0.1, 0.15) is 18.2 Å². The van der Waals surface area contributed by atoms with Gasteiger partial charge in [-0.15, -0.1) is 11.3 Å². The Morgan fingerprint density at radius 3 is 2.62 bits per heavy atom. The van der Waals surface area contributed by atoms with Gasteiger partial charge in [-0.1, -0.05) is 0 Å². The molecule has 7 nitrogen and oxygen atoms in total. The van der Waals surface area contributed by atoms with E-state index in [1.165, 1.54) is 30.4 Å². The second kappa shape index (κ2) is 8.35. The first-order valence-corrected chi connectivity index (χ1v) is 9.16. The highest BCUT2D eigenvalue weighted by molar-refractivity contribution is 7.13. The number of nitrogens with one attached hydrogen (secondary N) is 2. The number of aromatic nitrogens is 1. The van der Waals surface area contributed by atoms with Crippen LogP contribution in [0.3, 0.4) is 0 Å². The number of carbonyl (C=O) groups excluding carboxylic acids is 1. The van der Waals surface area contributed by atoms with Crippen LogP contribution >= 0.6 is 11.3 Å². The van der Waals surface area contributed by atoms with Gasteiger partial charge in [0.15, 0.2) is 5.76 Å². The summed E-state index contributed by atoms with van der Waals surface area (Å²) >= 11 is 1.22. The van der Waals surface area contributed by atoms with Gasteiger partial charge in [0.2, 0.25) is 17.0 Å². The predicted octanol–water partition coefficient (Wildman–Crippen LogP) is 4.12. The summed E-state index contributed by atoms with van der Waals surface area (Å²) in [6, 6.07) is 7.88. The number of hydrogen-bond donors (Lipinski definition) is 3. The van der Waals surface area contributed by atoms with Crippen LogP contribution in [0.15, 0.2) is 51.2 Å². The van der Waals surface area contributed by atoms with Gasteiger partial charge >= 0.3 is 6.18 Å². The molecule has 0 spiro atoms. The third kappa shape index (κ3) is 5.57. The molecule has 0 unspecified atom stereocenters. The molecule has 2 heterocycles. The number of carbonyl (C=O) groups is 1. The number of anilines is 1. The molecule has 2 aromatic heterocycles. The maximum Gasteiger partial charge on any atom is 0.416 e. The van der Waals surface area contributed by atoms with Gasteiger partial charge in [-0.3, -0.25) is 4.79 Å². The molecule has 1 aromatic carbocycles. The van der Waals surface area contributed by atoms with E-state index in [-0.39, 0.29) is 18.4 Å². The summed E-state index contributed by atoms with van der Waals surface area (Å²) in [6.45, 7) is 1.69. The number of rotatable bonds is 5. The predicted molar refractivity (Wildman–Crippen MR) is 104 cm³/mol. The van der Waals surface area contributed by atoms with E-state index < -0.39 is 11.7 Å². The van der Waals surface area contributed by atoms with Gasteiger partial charge < -0.3 is 20.8 Å². The molecule has 0 fully saturated rings. The standard InChI is InChI=1S/C18H16F3N5O2S/c1-10(27)23-8-13-6-7-15(28-13)14-9-29-17(25-14)26-16(22)24-12-4-2-11(3-5-12)18(19,20)21/h2-7,9H,8H2,1H3,(H,23,27)(H3,22,24,25,26). The van der Waals surface area contributed by atoms with Crippen LogP contribution in [0.5, 0.6) is 0 Å². The molecule has 0 aliphatic carbocycles. The van der Waals surface area contributed by atoms with Crippen molar-refractivity contribution in [1.29, 1.82) is 0 Å². The van der Waals surface area contributed by atoms with Crippen molar-refractivity contribution in [3.8, 4) is 11.5 Å². The Bertz CT molecular complexity index is 1020. The SMILES string of the molecule is CC(=O)NCc1ccc(-c2csc(/N=C(\N)Nc3ccc(C(F)(F)F)cc3)n2)o1. The molecule has 0 saturated heterocycles. The van der Waals surface area contributed by atoms with Gasteiger partial charge in [0, 0.05) is 18.0 Å². The second-order valence-electron chi connectivity index (χ2n) is 5.89. The maximum absolute atomic E-state index is 12.6. The molecule has 152 valence electrons. The lowest BCUT2D eigenvalue weighted by molar-refractivity contribution is -0.137. The summed E-state index contributed by atoms with van der Waals surface area (Å²) < 4.78 is 43.4. The van der Waals surface area contributed by atoms with Crippen molar-refractivity contribution in [3.05, 3.63) is 53.1 Å². The molecule has 4 N–H and O–H groups in total. The van der Waals surface area contributed by atoms with E-state index >= 15 is 0 Å². The van der Waals surface area contributed by atoms with E-state index in [0.29, 0.717) is 28.0 Å². The van der Waals surface area contributed by atoms with E-state index in [0.717, 1.165) is 12.1 Å².